The van der Waals surface area contributed by atoms with Gasteiger partial charge in [-0.1, -0.05) is 59.1 Å². The third-order valence-electron chi connectivity index (χ3n) is 4.46. The lowest BCUT2D eigenvalue weighted by Gasteiger charge is -2.14. The molecule has 9 heteroatoms. The summed E-state index contributed by atoms with van der Waals surface area (Å²) in [5, 5.41) is 13.2. The quantitative estimate of drug-likeness (QED) is 0.237. The molecule has 0 saturated carbocycles. The molecular weight excluding hydrogens is 551 g/mol. The minimum atomic E-state index is -0.651. The molecule has 0 fully saturated rings. The molecule has 168 valence electrons. The second-order valence-corrected chi connectivity index (χ2v) is 8.71. The van der Waals surface area contributed by atoms with Gasteiger partial charge in [-0.2, -0.15) is 5.26 Å². The number of hydrogen-bond donors (Lipinski definition) is 1. The van der Waals surface area contributed by atoms with E-state index in [1.807, 2.05) is 24.3 Å². The second kappa shape index (κ2) is 11.4. The molecule has 3 rings (SSSR count). The van der Waals surface area contributed by atoms with Crippen molar-refractivity contribution in [1.82, 2.24) is 0 Å². The van der Waals surface area contributed by atoms with Crippen molar-refractivity contribution >= 4 is 68.4 Å². The lowest BCUT2D eigenvalue weighted by atomic mass is 10.1. The zero-order chi connectivity index (χ0) is 24.0. The Morgan fingerprint density at radius 3 is 2.39 bits per heavy atom. The largest absolute Gasteiger partial charge is 0.493 e. The van der Waals surface area contributed by atoms with E-state index < -0.39 is 5.91 Å². The van der Waals surface area contributed by atoms with Crippen LogP contribution in [0.3, 0.4) is 0 Å². The van der Waals surface area contributed by atoms with Crippen molar-refractivity contribution in [2.75, 3.05) is 12.4 Å². The van der Waals surface area contributed by atoms with E-state index in [4.69, 9.17) is 44.3 Å². The van der Waals surface area contributed by atoms with Crippen LogP contribution < -0.4 is 14.8 Å². The van der Waals surface area contributed by atoms with Crippen LogP contribution in [0.1, 0.15) is 11.1 Å². The molecule has 0 spiro atoms. The number of ether oxygens (including phenoxy) is 2. The van der Waals surface area contributed by atoms with Gasteiger partial charge in [-0.3, -0.25) is 4.79 Å². The first kappa shape index (κ1) is 24.9. The van der Waals surface area contributed by atoms with E-state index in [-0.39, 0.29) is 27.9 Å². The maximum Gasteiger partial charge on any atom is 0.266 e. The molecular formula is C24H16BrCl3N2O3. The highest BCUT2D eigenvalue weighted by Crippen LogP contribution is 2.38. The summed E-state index contributed by atoms with van der Waals surface area (Å²) in [4.78, 5) is 12.7. The summed E-state index contributed by atoms with van der Waals surface area (Å²) in [6.45, 7) is 0.230. The van der Waals surface area contributed by atoms with E-state index in [0.29, 0.717) is 26.6 Å². The summed E-state index contributed by atoms with van der Waals surface area (Å²) in [6, 6.07) is 17.4. The van der Waals surface area contributed by atoms with Gasteiger partial charge in [0.15, 0.2) is 11.5 Å². The zero-order valence-electron chi connectivity index (χ0n) is 17.2. The fourth-order valence-electron chi connectivity index (χ4n) is 2.84. The minimum absolute atomic E-state index is 0.148. The van der Waals surface area contributed by atoms with Crippen molar-refractivity contribution in [1.29, 1.82) is 5.26 Å². The highest BCUT2D eigenvalue weighted by Gasteiger charge is 2.16. The van der Waals surface area contributed by atoms with Crippen molar-refractivity contribution in [3.05, 3.63) is 90.8 Å². The number of carbonyl (C=O) groups excluding carboxylic acids is 1. The second-order valence-electron chi connectivity index (χ2n) is 6.63. The Bertz CT molecular complexity index is 1250. The summed E-state index contributed by atoms with van der Waals surface area (Å²) >= 11 is 21.9. The first-order chi connectivity index (χ1) is 15.8. The van der Waals surface area contributed by atoms with Crippen molar-refractivity contribution in [2.45, 2.75) is 6.61 Å². The summed E-state index contributed by atoms with van der Waals surface area (Å²) in [7, 11) is 1.49. The van der Waals surface area contributed by atoms with Crippen molar-refractivity contribution in [2.24, 2.45) is 0 Å². The molecule has 0 radical (unpaired) electrons. The van der Waals surface area contributed by atoms with Crippen LogP contribution in [0.2, 0.25) is 15.1 Å². The number of nitrogens with zero attached hydrogens (tertiary/aromatic N) is 1. The standard InChI is InChI=1S/C24H16BrCl3N2O3/c1-32-21-11-14(10-17(25)23(21)33-13-15-5-2-3-6-18(15)26)9-16(12-29)24(31)30-22-19(27)7-4-8-20(22)28/h2-11H,13H2,1H3,(H,30,31)/b16-9+. The van der Waals surface area contributed by atoms with Gasteiger partial charge < -0.3 is 14.8 Å². The molecule has 0 aromatic heterocycles. The molecule has 1 amide bonds. The monoisotopic (exact) mass is 564 g/mol. The average Bonchev–Trinajstić information content (AvgIpc) is 2.79. The van der Waals surface area contributed by atoms with Crippen molar-refractivity contribution < 1.29 is 14.3 Å². The SMILES string of the molecule is COc1cc(/C=C(\C#N)C(=O)Nc2c(Cl)cccc2Cl)cc(Br)c1OCc1ccccc1Cl. The third kappa shape index (κ3) is 6.21. The molecule has 5 nitrogen and oxygen atoms in total. The topological polar surface area (TPSA) is 71.3 Å². The van der Waals surface area contributed by atoms with Gasteiger partial charge in [0.2, 0.25) is 0 Å². The smallest absolute Gasteiger partial charge is 0.266 e. The van der Waals surface area contributed by atoms with Crippen LogP contribution in [0, 0.1) is 11.3 Å². The molecule has 3 aromatic carbocycles. The number of amides is 1. The van der Waals surface area contributed by atoms with Gasteiger partial charge in [0.05, 0.1) is 27.3 Å². The van der Waals surface area contributed by atoms with Gasteiger partial charge in [0, 0.05) is 10.6 Å². The van der Waals surface area contributed by atoms with Gasteiger partial charge in [-0.05, 0) is 57.9 Å². The number of hydrogen-bond acceptors (Lipinski definition) is 4. The van der Waals surface area contributed by atoms with Crippen LogP contribution in [0.15, 0.2) is 64.6 Å². The predicted octanol–water partition coefficient (Wildman–Crippen LogP) is 7.54. The maximum atomic E-state index is 12.7. The number of halogens is 4. The van der Waals surface area contributed by atoms with E-state index in [2.05, 4.69) is 21.2 Å². The molecule has 0 saturated heterocycles. The summed E-state index contributed by atoms with van der Waals surface area (Å²) in [5.41, 5.74) is 1.44. The normalized spacial score (nSPS) is 11.0. The molecule has 0 unspecified atom stereocenters. The van der Waals surface area contributed by atoms with Gasteiger partial charge in [0.25, 0.3) is 5.91 Å². The van der Waals surface area contributed by atoms with Gasteiger partial charge in [-0.15, -0.1) is 0 Å². The van der Waals surface area contributed by atoms with E-state index >= 15 is 0 Å². The van der Waals surface area contributed by atoms with E-state index in [1.54, 1.807) is 36.4 Å². The highest BCUT2D eigenvalue weighted by molar-refractivity contribution is 9.10. The molecule has 33 heavy (non-hydrogen) atoms. The summed E-state index contributed by atoms with van der Waals surface area (Å²) < 4.78 is 11.9. The van der Waals surface area contributed by atoms with Gasteiger partial charge in [-0.25, -0.2) is 0 Å². The number of anilines is 1. The first-order valence-electron chi connectivity index (χ1n) is 9.45. The Kier molecular flexibility index (Phi) is 8.65. The first-order valence-corrected chi connectivity index (χ1v) is 11.4. The fourth-order valence-corrected chi connectivity index (χ4v) is 4.10. The summed E-state index contributed by atoms with van der Waals surface area (Å²) in [5.74, 6) is 0.219. The van der Waals surface area contributed by atoms with Gasteiger partial charge in [0.1, 0.15) is 18.2 Å². The van der Waals surface area contributed by atoms with Crippen LogP contribution in [-0.4, -0.2) is 13.0 Å². The Hall–Kier alpha value is -2.69. The average molecular weight is 567 g/mol. The zero-order valence-corrected chi connectivity index (χ0v) is 21.0. The molecule has 0 aliphatic rings. The predicted molar refractivity (Wildman–Crippen MR) is 135 cm³/mol. The van der Waals surface area contributed by atoms with Crippen LogP contribution in [0.5, 0.6) is 11.5 Å². The number of rotatable bonds is 7. The Morgan fingerprint density at radius 1 is 1.09 bits per heavy atom. The molecule has 3 aromatic rings. The number of para-hydroxylation sites is 1. The fraction of sp³-hybridized carbons (Fsp3) is 0.0833. The Morgan fingerprint density at radius 2 is 1.76 bits per heavy atom. The minimum Gasteiger partial charge on any atom is -0.493 e. The molecule has 0 aliphatic heterocycles. The molecule has 0 atom stereocenters. The number of nitrogens with one attached hydrogen (secondary N) is 1. The van der Waals surface area contributed by atoms with Crippen molar-refractivity contribution in [3.63, 3.8) is 0 Å². The third-order valence-corrected chi connectivity index (χ3v) is 6.05. The number of benzene rings is 3. The van der Waals surface area contributed by atoms with Crippen LogP contribution in [-0.2, 0) is 11.4 Å². The van der Waals surface area contributed by atoms with E-state index in [0.717, 1.165) is 5.56 Å². The maximum absolute atomic E-state index is 12.7. The molecule has 0 bridgehead atoms. The lowest BCUT2D eigenvalue weighted by molar-refractivity contribution is -0.112. The Balaban J connectivity index is 1.86. The van der Waals surface area contributed by atoms with Crippen molar-refractivity contribution in [3.8, 4) is 17.6 Å². The number of carbonyl (C=O) groups is 1. The van der Waals surface area contributed by atoms with Crippen LogP contribution >= 0.6 is 50.7 Å². The van der Waals surface area contributed by atoms with Crippen LogP contribution in [0.25, 0.3) is 6.08 Å². The highest BCUT2D eigenvalue weighted by atomic mass is 79.9. The Labute approximate surface area is 214 Å². The lowest BCUT2D eigenvalue weighted by Crippen LogP contribution is -2.14. The van der Waals surface area contributed by atoms with Crippen LogP contribution in [0.4, 0.5) is 5.69 Å². The molecule has 0 aliphatic carbocycles. The number of methoxy groups -OCH3 is 1. The molecule has 1 N–H and O–H groups in total. The molecule has 0 heterocycles. The van der Waals surface area contributed by atoms with E-state index in [9.17, 15) is 10.1 Å². The summed E-state index contributed by atoms with van der Waals surface area (Å²) in [6.07, 6.45) is 1.42. The van der Waals surface area contributed by atoms with Gasteiger partial charge >= 0.3 is 0 Å². The van der Waals surface area contributed by atoms with E-state index in [1.165, 1.54) is 13.2 Å². The number of nitriles is 1.